The van der Waals surface area contributed by atoms with Crippen LogP contribution in [0.15, 0.2) is 18.7 Å². The fourth-order valence-corrected chi connectivity index (χ4v) is 1.23. The minimum Gasteiger partial charge on any atom is -0.353 e. The molecule has 0 aliphatic rings. The summed E-state index contributed by atoms with van der Waals surface area (Å²) in [7, 11) is 0. The van der Waals surface area contributed by atoms with Gasteiger partial charge in [0.15, 0.2) is 0 Å². The van der Waals surface area contributed by atoms with E-state index >= 15 is 0 Å². The molecule has 0 saturated heterocycles. The minimum atomic E-state index is -0.477. The lowest BCUT2D eigenvalue weighted by molar-refractivity contribution is -0.124. The Balaban J connectivity index is 2.30. The Kier molecular flexibility index (Phi) is 4.06. The summed E-state index contributed by atoms with van der Waals surface area (Å²) in [6, 6.07) is -0.477. The molecule has 3 N–H and O–H groups in total. The Hall–Kier alpha value is -1.36. The van der Waals surface area contributed by atoms with Crippen LogP contribution >= 0.6 is 0 Å². The Labute approximate surface area is 96.0 Å². The van der Waals surface area contributed by atoms with E-state index in [1.54, 1.807) is 12.5 Å². The van der Waals surface area contributed by atoms with Crippen LogP contribution in [0, 0.1) is 5.41 Å². The van der Waals surface area contributed by atoms with E-state index in [2.05, 4.69) is 10.3 Å². The van der Waals surface area contributed by atoms with Gasteiger partial charge in [0.2, 0.25) is 5.91 Å². The van der Waals surface area contributed by atoms with Gasteiger partial charge >= 0.3 is 0 Å². The fraction of sp³-hybridized carbons (Fsp3) is 0.636. The lowest BCUT2D eigenvalue weighted by atomic mass is 9.87. The molecule has 0 aliphatic heterocycles. The highest BCUT2D eigenvalue weighted by Gasteiger charge is 2.26. The number of carbonyl (C=O) groups is 1. The molecule has 1 aromatic rings. The van der Waals surface area contributed by atoms with E-state index in [1.165, 1.54) is 0 Å². The predicted octanol–water partition coefficient (Wildman–Crippen LogP) is 0.373. The maximum Gasteiger partial charge on any atom is 0.237 e. The van der Waals surface area contributed by atoms with Gasteiger partial charge in [-0.3, -0.25) is 4.79 Å². The average Bonchev–Trinajstić information content (AvgIpc) is 2.67. The van der Waals surface area contributed by atoms with Gasteiger partial charge in [-0.05, 0) is 5.41 Å². The first-order valence-electron chi connectivity index (χ1n) is 5.40. The summed E-state index contributed by atoms with van der Waals surface area (Å²) in [5.74, 6) is -0.104. The molecule has 5 heteroatoms. The van der Waals surface area contributed by atoms with Crippen molar-refractivity contribution in [2.45, 2.75) is 33.4 Å². The van der Waals surface area contributed by atoms with Crippen molar-refractivity contribution in [3.05, 3.63) is 18.7 Å². The summed E-state index contributed by atoms with van der Waals surface area (Å²) in [6.07, 6.45) is 5.29. The average molecular weight is 224 g/mol. The molecule has 90 valence electrons. The zero-order valence-electron chi connectivity index (χ0n) is 10.1. The van der Waals surface area contributed by atoms with Crippen LogP contribution in [0.5, 0.6) is 0 Å². The van der Waals surface area contributed by atoms with Crippen molar-refractivity contribution in [1.82, 2.24) is 14.9 Å². The molecule has 0 unspecified atom stereocenters. The zero-order chi connectivity index (χ0) is 12.2. The third kappa shape index (κ3) is 3.66. The van der Waals surface area contributed by atoms with Gasteiger partial charge in [-0.25, -0.2) is 4.98 Å². The molecule has 0 spiro atoms. The number of carbonyl (C=O) groups excluding carboxylic acids is 1. The largest absolute Gasteiger partial charge is 0.353 e. The van der Waals surface area contributed by atoms with E-state index in [4.69, 9.17) is 5.73 Å². The van der Waals surface area contributed by atoms with Gasteiger partial charge in [0.05, 0.1) is 12.4 Å². The SMILES string of the molecule is CC(C)(C)[C@H](N)C(=O)NCCn1ccnc1. The Morgan fingerprint density at radius 2 is 2.25 bits per heavy atom. The van der Waals surface area contributed by atoms with Gasteiger partial charge in [0.1, 0.15) is 0 Å². The van der Waals surface area contributed by atoms with Crippen LogP contribution in [0.1, 0.15) is 20.8 Å². The van der Waals surface area contributed by atoms with E-state index in [-0.39, 0.29) is 11.3 Å². The second-order valence-corrected chi connectivity index (χ2v) is 4.94. The number of nitrogens with zero attached hydrogens (tertiary/aromatic N) is 2. The van der Waals surface area contributed by atoms with Gasteiger partial charge < -0.3 is 15.6 Å². The number of amides is 1. The Morgan fingerprint density at radius 3 is 2.75 bits per heavy atom. The number of hydrogen-bond acceptors (Lipinski definition) is 3. The van der Waals surface area contributed by atoms with Crippen LogP contribution in [0.4, 0.5) is 0 Å². The molecule has 1 heterocycles. The monoisotopic (exact) mass is 224 g/mol. The van der Waals surface area contributed by atoms with Crippen LogP contribution < -0.4 is 11.1 Å². The van der Waals surface area contributed by atoms with Crippen molar-refractivity contribution >= 4 is 5.91 Å². The highest BCUT2D eigenvalue weighted by Crippen LogP contribution is 2.16. The molecule has 0 bridgehead atoms. The molecule has 1 atom stereocenters. The molecular formula is C11H20N4O. The summed E-state index contributed by atoms with van der Waals surface area (Å²) < 4.78 is 1.91. The van der Waals surface area contributed by atoms with Crippen LogP contribution in [0.2, 0.25) is 0 Å². The molecule has 1 amide bonds. The maximum absolute atomic E-state index is 11.7. The van der Waals surface area contributed by atoms with Crippen LogP contribution in [-0.4, -0.2) is 28.0 Å². The van der Waals surface area contributed by atoms with Gasteiger partial charge in [0.25, 0.3) is 0 Å². The number of nitrogens with one attached hydrogen (secondary N) is 1. The van der Waals surface area contributed by atoms with E-state index < -0.39 is 6.04 Å². The van der Waals surface area contributed by atoms with Crippen molar-refractivity contribution in [3.8, 4) is 0 Å². The lowest BCUT2D eigenvalue weighted by Gasteiger charge is -2.25. The first-order chi connectivity index (χ1) is 7.41. The van der Waals surface area contributed by atoms with Crippen molar-refractivity contribution in [1.29, 1.82) is 0 Å². The third-order valence-electron chi connectivity index (χ3n) is 2.44. The fourth-order valence-electron chi connectivity index (χ4n) is 1.23. The molecule has 16 heavy (non-hydrogen) atoms. The summed E-state index contributed by atoms with van der Waals surface area (Å²) >= 11 is 0. The highest BCUT2D eigenvalue weighted by molar-refractivity contribution is 5.82. The molecule has 1 aromatic heterocycles. The molecule has 0 aromatic carbocycles. The van der Waals surface area contributed by atoms with Crippen molar-refractivity contribution < 1.29 is 4.79 Å². The second-order valence-electron chi connectivity index (χ2n) is 4.94. The lowest BCUT2D eigenvalue weighted by Crippen LogP contribution is -2.49. The van der Waals surface area contributed by atoms with E-state index in [9.17, 15) is 4.79 Å². The zero-order valence-corrected chi connectivity index (χ0v) is 10.1. The van der Waals surface area contributed by atoms with Gasteiger partial charge in [0, 0.05) is 25.5 Å². The normalized spacial score (nSPS) is 13.5. The van der Waals surface area contributed by atoms with Crippen molar-refractivity contribution in [2.75, 3.05) is 6.54 Å². The minimum absolute atomic E-state index is 0.104. The number of hydrogen-bond donors (Lipinski definition) is 2. The first kappa shape index (κ1) is 12.7. The molecule has 0 saturated carbocycles. The first-order valence-corrected chi connectivity index (χ1v) is 5.40. The van der Waals surface area contributed by atoms with Crippen molar-refractivity contribution in [2.24, 2.45) is 11.1 Å². The van der Waals surface area contributed by atoms with Crippen molar-refractivity contribution in [3.63, 3.8) is 0 Å². The van der Waals surface area contributed by atoms with E-state index in [1.807, 2.05) is 31.5 Å². The van der Waals surface area contributed by atoms with Crippen LogP contribution in [0.3, 0.4) is 0 Å². The molecular weight excluding hydrogens is 204 g/mol. The highest BCUT2D eigenvalue weighted by atomic mass is 16.2. The molecule has 5 nitrogen and oxygen atoms in total. The van der Waals surface area contributed by atoms with Gasteiger partial charge in [-0.1, -0.05) is 20.8 Å². The van der Waals surface area contributed by atoms with E-state index in [0.717, 1.165) is 0 Å². The second kappa shape index (κ2) is 5.12. The topological polar surface area (TPSA) is 72.9 Å². The molecule has 0 aliphatic carbocycles. The number of nitrogens with two attached hydrogens (primary N) is 1. The number of aromatic nitrogens is 2. The van der Waals surface area contributed by atoms with Gasteiger partial charge in [-0.2, -0.15) is 0 Å². The summed E-state index contributed by atoms with van der Waals surface area (Å²) in [6.45, 7) is 7.13. The quantitative estimate of drug-likeness (QED) is 0.776. The standard InChI is InChI=1S/C11H20N4O/c1-11(2,3)9(12)10(16)14-5-7-15-6-4-13-8-15/h4,6,8-9H,5,7,12H2,1-3H3,(H,14,16)/t9-/m1/s1. The van der Waals surface area contributed by atoms with E-state index in [0.29, 0.717) is 13.1 Å². The summed E-state index contributed by atoms with van der Waals surface area (Å²) in [5.41, 5.74) is 5.61. The third-order valence-corrected chi connectivity index (χ3v) is 2.44. The molecule has 0 fully saturated rings. The summed E-state index contributed by atoms with van der Waals surface area (Å²) in [4.78, 5) is 15.6. The molecule has 0 radical (unpaired) electrons. The Bertz CT molecular complexity index is 326. The smallest absolute Gasteiger partial charge is 0.237 e. The predicted molar refractivity (Wildman–Crippen MR) is 62.7 cm³/mol. The number of imidazole rings is 1. The Morgan fingerprint density at radius 1 is 1.56 bits per heavy atom. The van der Waals surface area contributed by atoms with Gasteiger partial charge in [-0.15, -0.1) is 0 Å². The summed E-state index contributed by atoms with van der Waals surface area (Å²) in [5, 5.41) is 2.81. The number of rotatable bonds is 4. The maximum atomic E-state index is 11.7. The van der Waals surface area contributed by atoms with Crippen LogP contribution in [0.25, 0.3) is 0 Å². The van der Waals surface area contributed by atoms with Crippen LogP contribution in [-0.2, 0) is 11.3 Å². The molecule has 1 rings (SSSR count).